The number of benzene rings is 1. The topological polar surface area (TPSA) is 153 Å². The van der Waals surface area contributed by atoms with Crippen LogP contribution in [0.5, 0.6) is 5.75 Å². The summed E-state index contributed by atoms with van der Waals surface area (Å²) < 4.78 is 11.1. The minimum absolute atomic E-state index is 0.0476. The summed E-state index contributed by atoms with van der Waals surface area (Å²) in [6.07, 6.45) is 0.0829. The zero-order chi connectivity index (χ0) is 23.8. The first kappa shape index (κ1) is 22.5. The summed E-state index contributed by atoms with van der Waals surface area (Å²) in [5, 5.41) is 5.72. The van der Waals surface area contributed by atoms with E-state index in [4.69, 9.17) is 26.5 Å². The first-order valence-corrected chi connectivity index (χ1v) is 10.3. The van der Waals surface area contributed by atoms with E-state index in [2.05, 4.69) is 20.6 Å². The van der Waals surface area contributed by atoms with Gasteiger partial charge in [-0.15, -0.1) is 0 Å². The lowest BCUT2D eigenvalue weighted by atomic mass is 9.90. The molecule has 4 N–H and O–H groups in total. The molecule has 0 radical (unpaired) electrons. The fraction of sp³-hybridized carbons (Fsp3) is 0.286. The fourth-order valence-corrected chi connectivity index (χ4v) is 4.18. The van der Waals surface area contributed by atoms with Crippen LogP contribution in [0.2, 0.25) is 5.15 Å². The highest BCUT2D eigenvalue weighted by molar-refractivity contribution is 6.34. The summed E-state index contributed by atoms with van der Waals surface area (Å²) in [6, 6.07) is 6.88. The highest BCUT2D eigenvalue weighted by Crippen LogP contribution is 2.36. The number of aromatic nitrogens is 2. The number of anilines is 1. The number of hydrogen-bond acceptors (Lipinski definition) is 9. The van der Waals surface area contributed by atoms with Crippen LogP contribution >= 0.6 is 11.6 Å². The maximum Gasteiger partial charge on any atom is 0.254 e. The molecule has 1 aliphatic heterocycles. The molecule has 0 fully saturated rings. The average Bonchev–Trinajstić information content (AvgIpc) is 3.35. The van der Waals surface area contributed by atoms with Crippen molar-refractivity contribution in [2.45, 2.75) is 18.5 Å². The lowest BCUT2D eigenvalue weighted by Crippen LogP contribution is -2.52. The van der Waals surface area contributed by atoms with Crippen molar-refractivity contribution >= 4 is 46.9 Å². The highest BCUT2D eigenvalue weighted by Gasteiger charge is 2.42. The summed E-state index contributed by atoms with van der Waals surface area (Å²) in [7, 11) is 3.15. The Kier molecular flexibility index (Phi) is 5.91. The Morgan fingerprint density at radius 1 is 1.39 bits per heavy atom. The number of amides is 3. The van der Waals surface area contributed by atoms with Crippen molar-refractivity contribution in [3.8, 4) is 5.75 Å². The predicted octanol–water partition coefficient (Wildman–Crippen LogP) is 1.20. The van der Waals surface area contributed by atoms with Crippen LogP contribution in [0.4, 0.5) is 5.95 Å². The lowest BCUT2D eigenvalue weighted by molar-refractivity contribution is -0.126. The number of rotatable bonds is 8. The summed E-state index contributed by atoms with van der Waals surface area (Å²) in [4.78, 5) is 46.1. The molecule has 3 heterocycles. The molecule has 3 amide bonds. The first-order chi connectivity index (χ1) is 15.8. The van der Waals surface area contributed by atoms with E-state index in [1.54, 1.807) is 30.1 Å². The van der Waals surface area contributed by atoms with E-state index < -0.39 is 11.4 Å². The van der Waals surface area contributed by atoms with E-state index in [9.17, 15) is 14.4 Å². The van der Waals surface area contributed by atoms with Crippen LogP contribution in [-0.4, -0.2) is 53.8 Å². The third-order valence-electron chi connectivity index (χ3n) is 5.65. The van der Waals surface area contributed by atoms with Gasteiger partial charge in [0.15, 0.2) is 0 Å². The molecule has 11 nitrogen and oxygen atoms in total. The van der Waals surface area contributed by atoms with Crippen LogP contribution < -0.4 is 21.1 Å². The van der Waals surface area contributed by atoms with Gasteiger partial charge in [0.2, 0.25) is 24.0 Å². The Morgan fingerprint density at radius 2 is 2.18 bits per heavy atom. The number of imide groups is 1. The number of fused-ring (bicyclic) bond motifs is 2. The van der Waals surface area contributed by atoms with E-state index in [1.165, 1.54) is 7.11 Å². The molecule has 172 valence electrons. The van der Waals surface area contributed by atoms with Gasteiger partial charge in [-0.3, -0.25) is 19.7 Å². The van der Waals surface area contributed by atoms with Crippen molar-refractivity contribution in [1.82, 2.24) is 25.5 Å². The minimum Gasteiger partial charge on any atom is -0.497 e. The third-order valence-corrected chi connectivity index (χ3v) is 5.94. The number of nitrogens with one attached hydrogen (secondary N) is 2. The van der Waals surface area contributed by atoms with Gasteiger partial charge in [0.05, 0.1) is 18.9 Å². The number of carbonyl (C=O) groups excluding carboxylic acids is 3. The molecule has 12 heteroatoms. The van der Waals surface area contributed by atoms with Crippen molar-refractivity contribution in [3.05, 3.63) is 46.3 Å². The monoisotopic (exact) mass is 472 g/mol. The van der Waals surface area contributed by atoms with Gasteiger partial charge in [-0.1, -0.05) is 17.7 Å². The second-order valence-electron chi connectivity index (χ2n) is 7.58. The number of methoxy groups -OCH3 is 1. The molecule has 1 atom stereocenters. The number of hydrogen-bond donors (Lipinski definition) is 3. The Morgan fingerprint density at radius 3 is 2.88 bits per heavy atom. The van der Waals surface area contributed by atoms with Crippen molar-refractivity contribution in [2.75, 3.05) is 26.4 Å². The number of nitrogen functional groups attached to an aromatic ring is 1. The Balaban J connectivity index is 1.75. The standard InChI is InChI=1S/C21H21ClN6O5/c1-24-21(7-16(30)25-10-29,15-6-14-17(22)26-20(23)27-18(14)33-15)9-28-8-11-3-4-12(32-2)5-13(11)19(28)31/h3-6,10,24H,7-9H2,1-2H3,(H2,23,26,27)(H,25,29,30)/t21-/m0/s1. The number of likely N-dealkylation sites (N-methyl/N-ethyl adjacent to an activating group) is 1. The average molecular weight is 473 g/mol. The van der Waals surface area contributed by atoms with Crippen molar-refractivity contribution < 1.29 is 23.5 Å². The summed E-state index contributed by atoms with van der Waals surface area (Å²) in [5.74, 6) is -0.0115. The Hall–Kier alpha value is -3.70. The molecule has 3 aromatic rings. The van der Waals surface area contributed by atoms with E-state index in [0.717, 1.165) is 5.56 Å². The molecule has 0 bridgehead atoms. The van der Waals surface area contributed by atoms with Crippen molar-refractivity contribution in [1.29, 1.82) is 0 Å². The molecule has 33 heavy (non-hydrogen) atoms. The van der Waals surface area contributed by atoms with E-state index in [1.807, 2.05) is 6.07 Å². The van der Waals surface area contributed by atoms with Gasteiger partial charge in [-0.2, -0.15) is 4.98 Å². The molecule has 0 aliphatic carbocycles. The molecule has 4 rings (SSSR count). The zero-order valence-corrected chi connectivity index (χ0v) is 18.6. The van der Waals surface area contributed by atoms with Gasteiger partial charge in [-0.05, 0) is 30.8 Å². The van der Waals surface area contributed by atoms with E-state index >= 15 is 0 Å². The lowest BCUT2D eigenvalue weighted by Gasteiger charge is -2.34. The van der Waals surface area contributed by atoms with E-state index in [0.29, 0.717) is 29.7 Å². The van der Waals surface area contributed by atoms with Crippen LogP contribution in [0.25, 0.3) is 11.1 Å². The number of carbonyl (C=O) groups is 3. The normalized spacial score (nSPS) is 14.8. The number of halogens is 1. The van der Waals surface area contributed by atoms with Crippen LogP contribution in [0, 0.1) is 0 Å². The summed E-state index contributed by atoms with van der Waals surface area (Å²) >= 11 is 6.19. The molecule has 0 saturated heterocycles. The van der Waals surface area contributed by atoms with Crippen molar-refractivity contribution in [3.63, 3.8) is 0 Å². The molecular weight excluding hydrogens is 452 g/mol. The highest BCUT2D eigenvalue weighted by atomic mass is 35.5. The fourth-order valence-electron chi connectivity index (χ4n) is 3.96. The van der Waals surface area contributed by atoms with Gasteiger partial charge < -0.3 is 25.1 Å². The van der Waals surface area contributed by atoms with E-state index in [-0.39, 0.29) is 41.4 Å². The Bertz CT molecular complexity index is 1260. The smallest absolute Gasteiger partial charge is 0.254 e. The van der Waals surface area contributed by atoms with Crippen LogP contribution in [0.1, 0.15) is 28.1 Å². The van der Waals surface area contributed by atoms with Crippen molar-refractivity contribution in [2.24, 2.45) is 0 Å². The second kappa shape index (κ2) is 8.68. The quantitative estimate of drug-likeness (QED) is 0.324. The van der Waals surface area contributed by atoms with Gasteiger partial charge in [-0.25, -0.2) is 4.98 Å². The van der Waals surface area contributed by atoms with Gasteiger partial charge >= 0.3 is 0 Å². The van der Waals surface area contributed by atoms with Gasteiger partial charge in [0, 0.05) is 18.7 Å². The first-order valence-electron chi connectivity index (χ1n) is 9.91. The number of furan rings is 1. The van der Waals surface area contributed by atoms with Gasteiger partial charge in [0.25, 0.3) is 5.91 Å². The number of nitrogens with two attached hydrogens (primary N) is 1. The molecule has 0 spiro atoms. The van der Waals surface area contributed by atoms with Crippen LogP contribution in [0.15, 0.2) is 28.7 Å². The summed E-state index contributed by atoms with van der Waals surface area (Å²) in [5.41, 5.74) is 5.94. The SMILES string of the molecule is CN[C@@](CC(=O)NC=O)(CN1Cc2ccc(OC)cc2C1=O)c1cc2c(Cl)nc(N)nc2o1. The zero-order valence-electron chi connectivity index (χ0n) is 17.8. The predicted molar refractivity (Wildman–Crippen MR) is 119 cm³/mol. The molecule has 2 aromatic heterocycles. The minimum atomic E-state index is -1.21. The van der Waals surface area contributed by atoms with Gasteiger partial charge in [0.1, 0.15) is 22.2 Å². The summed E-state index contributed by atoms with van der Waals surface area (Å²) in [6.45, 7) is 0.372. The van der Waals surface area contributed by atoms with Crippen LogP contribution in [-0.2, 0) is 21.7 Å². The van der Waals surface area contributed by atoms with Crippen LogP contribution in [0.3, 0.4) is 0 Å². The molecule has 0 saturated carbocycles. The molecular formula is C21H21ClN6O5. The maximum absolute atomic E-state index is 13.2. The molecule has 0 unspecified atom stereocenters. The third kappa shape index (κ3) is 4.08. The number of nitrogens with zero attached hydrogens (tertiary/aromatic N) is 3. The Labute approximate surface area is 193 Å². The largest absolute Gasteiger partial charge is 0.497 e. The molecule has 1 aromatic carbocycles. The number of ether oxygens (including phenoxy) is 1. The molecule has 1 aliphatic rings. The maximum atomic E-state index is 13.2. The second-order valence-corrected chi connectivity index (χ2v) is 7.94.